The summed E-state index contributed by atoms with van der Waals surface area (Å²) in [6.45, 7) is 0. The molecule has 0 fully saturated rings. The summed E-state index contributed by atoms with van der Waals surface area (Å²) in [4.78, 5) is 58.6. The van der Waals surface area contributed by atoms with Gasteiger partial charge in [-0.25, -0.2) is 28.8 Å². The SMILES string of the molecule is O.O.O=C(O)C(O)C(O)C(=O)O.O=C(O)C(O)C(O)C(=O)O.O=C(O)C(O)C(O)C(=O)O.[Er].[Er]. The second kappa shape index (κ2) is 25.1. The van der Waals surface area contributed by atoms with Gasteiger partial charge in [0.15, 0.2) is 36.6 Å². The van der Waals surface area contributed by atoms with Gasteiger partial charge in [-0.1, -0.05) is 0 Å². The molecule has 0 rings (SSSR count). The van der Waals surface area contributed by atoms with Crippen LogP contribution in [-0.4, -0.2) is 145 Å². The van der Waals surface area contributed by atoms with Gasteiger partial charge in [0.25, 0.3) is 0 Å². The first-order valence-electron chi connectivity index (χ1n) is 6.85. The van der Waals surface area contributed by atoms with Crippen LogP contribution in [0.2, 0.25) is 0 Å². The molecule has 0 radical (unpaired) electrons. The molecule has 0 heterocycles. The molecule has 16 N–H and O–H groups in total. The van der Waals surface area contributed by atoms with Gasteiger partial charge in [-0.15, -0.1) is 0 Å². The monoisotopic (exact) mass is 818 g/mol. The third kappa shape index (κ3) is 22.8. The number of carboxylic acid groups (broad SMARTS) is 6. The fourth-order valence-electron chi connectivity index (χ4n) is 0.810. The zero-order chi connectivity index (χ0) is 24.9. The Hall–Kier alpha value is -1.01. The van der Waals surface area contributed by atoms with Crippen molar-refractivity contribution >= 4 is 35.8 Å². The van der Waals surface area contributed by atoms with Crippen molar-refractivity contribution in [1.29, 1.82) is 0 Å². The molecule has 22 heteroatoms. The second-order valence-corrected chi connectivity index (χ2v) is 4.70. The van der Waals surface area contributed by atoms with Gasteiger partial charge in [0.05, 0.1) is 0 Å². The van der Waals surface area contributed by atoms with Crippen molar-refractivity contribution in [3.63, 3.8) is 0 Å². The van der Waals surface area contributed by atoms with E-state index < -0.39 is 72.4 Å². The van der Waals surface area contributed by atoms with E-state index in [0.29, 0.717) is 0 Å². The number of hydrogen-bond donors (Lipinski definition) is 12. The standard InChI is InChI=1S/3C4H6O6.2Er.2H2O/c3*5-1(3(7)8)2(6)4(9)10;;;;/h3*1-2,5-6H,(H,7,8)(H,9,10);;;2*1H2. The van der Waals surface area contributed by atoms with Crippen LogP contribution in [0.4, 0.5) is 0 Å². The van der Waals surface area contributed by atoms with Gasteiger partial charge in [-0.2, -0.15) is 0 Å². The quantitative estimate of drug-likeness (QED) is 0.103. The summed E-state index contributed by atoms with van der Waals surface area (Å²) in [5.74, 6) is -10.6. The molecule has 20 nitrogen and oxygen atoms in total. The zero-order valence-corrected chi connectivity index (χ0v) is 19.6. The van der Waals surface area contributed by atoms with Gasteiger partial charge < -0.3 is 72.2 Å². The summed E-state index contributed by atoms with van der Waals surface area (Å²) >= 11 is 0. The molecule has 0 aliphatic heterocycles. The van der Waals surface area contributed by atoms with Crippen LogP contribution in [0.15, 0.2) is 0 Å². The Labute approximate surface area is 246 Å². The van der Waals surface area contributed by atoms with Crippen LogP contribution in [-0.2, 0) is 28.8 Å². The molecule has 0 aliphatic carbocycles. The number of rotatable bonds is 9. The number of hydrogen-bond acceptors (Lipinski definition) is 12. The molecule has 6 unspecified atom stereocenters. The minimum atomic E-state index is -2.27. The summed E-state index contributed by atoms with van der Waals surface area (Å²) < 4.78 is 0. The van der Waals surface area contributed by atoms with Gasteiger partial charge in [0.1, 0.15) is 0 Å². The Kier molecular flexibility index (Phi) is 36.9. The molecule has 0 spiro atoms. The summed E-state index contributed by atoms with van der Waals surface area (Å²) in [7, 11) is 0. The van der Waals surface area contributed by atoms with E-state index in [9.17, 15) is 28.8 Å². The Morgan fingerprint density at radius 3 is 0.412 bits per heavy atom. The molecule has 0 saturated carbocycles. The third-order valence-corrected chi connectivity index (χ3v) is 2.42. The minimum absolute atomic E-state index is 0. The summed E-state index contributed by atoms with van der Waals surface area (Å²) in [5.41, 5.74) is 0. The molecule has 0 aliphatic rings. The smallest absolute Gasteiger partial charge is 0.335 e. The first-order valence-corrected chi connectivity index (χ1v) is 6.85. The second-order valence-electron chi connectivity index (χ2n) is 4.70. The molecule has 0 bridgehead atoms. The van der Waals surface area contributed by atoms with Crippen LogP contribution in [0.25, 0.3) is 0 Å². The van der Waals surface area contributed by atoms with E-state index in [0.717, 1.165) is 0 Å². The van der Waals surface area contributed by atoms with Crippen molar-refractivity contribution in [2.24, 2.45) is 0 Å². The maximum absolute atomic E-state index is 9.77. The van der Waals surface area contributed by atoms with Crippen LogP contribution in [0.5, 0.6) is 0 Å². The van der Waals surface area contributed by atoms with Gasteiger partial charge in [-0.05, 0) is 0 Å². The van der Waals surface area contributed by atoms with Crippen molar-refractivity contribution in [2.45, 2.75) is 36.6 Å². The molecule has 6 atom stereocenters. The third-order valence-electron chi connectivity index (χ3n) is 2.42. The predicted octanol–water partition coefficient (Wildman–Crippen LogP) is -8.02. The average Bonchev–Trinajstić information content (AvgIpc) is 2.64. The molecule has 0 aromatic rings. The van der Waals surface area contributed by atoms with E-state index >= 15 is 0 Å². The van der Waals surface area contributed by atoms with E-state index in [1.54, 1.807) is 0 Å². The van der Waals surface area contributed by atoms with Crippen LogP contribution < -0.4 is 0 Å². The predicted molar refractivity (Wildman–Crippen MR) is 89.1 cm³/mol. The van der Waals surface area contributed by atoms with E-state index in [4.69, 9.17) is 61.3 Å². The van der Waals surface area contributed by atoms with E-state index in [1.165, 1.54) is 0 Å². The summed E-state index contributed by atoms with van der Waals surface area (Å²) in [5, 5.41) is 97.6. The Balaban J connectivity index is -0.0000000607. The number of carboxylic acids is 6. The molecule has 0 aromatic heterocycles. The van der Waals surface area contributed by atoms with Crippen molar-refractivity contribution < 1.29 is 176 Å². The first-order chi connectivity index (χ1) is 13.4. The van der Waals surface area contributed by atoms with Gasteiger partial charge in [0, 0.05) is 74.6 Å². The number of aliphatic carboxylic acids is 6. The van der Waals surface area contributed by atoms with Crippen molar-refractivity contribution in [3.8, 4) is 0 Å². The van der Waals surface area contributed by atoms with Crippen LogP contribution in [0, 0.1) is 74.6 Å². The Bertz CT molecular complexity index is 499. The topological polar surface area (TPSA) is 408 Å². The van der Waals surface area contributed by atoms with E-state index in [-0.39, 0.29) is 85.6 Å². The molecule has 214 valence electrons. The van der Waals surface area contributed by atoms with Gasteiger partial charge in [-0.3, -0.25) is 0 Å². The van der Waals surface area contributed by atoms with Crippen molar-refractivity contribution in [2.75, 3.05) is 0 Å². The molecule has 0 aromatic carbocycles. The van der Waals surface area contributed by atoms with Gasteiger partial charge >= 0.3 is 35.8 Å². The van der Waals surface area contributed by atoms with Crippen molar-refractivity contribution in [1.82, 2.24) is 0 Å². The van der Waals surface area contributed by atoms with E-state index in [2.05, 4.69) is 0 Å². The molecular formula is C12H22Er2O20. The fraction of sp³-hybridized carbons (Fsp3) is 0.500. The van der Waals surface area contributed by atoms with Gasteiger partial charge in [0.2, 0.25) is 0 Å². The number of carbonyl (C=O) groups is 6. The number of aliphatic hydroxyl groups excluding tert-OH is 6. The molecule has 34 heavy (non-hydrogen) atoms. The Morgan fingerprint density at radius 2 is 0.382 bits per heavy atom. The normalized spacial score (nSPS) is 13.9. The fourth-order valence-corrected chi connectivity index (χ4v) is 0.810. The van der Waals surface area contributed by atoms with Crippen LogP contribution in [0.3, 0.4) is 0 Å². The molecule has 0 saturated heterocycles. The minimum Gasteiger partial charge on any atom is -0.479 e. The average molecular weight is 821 g/mol. The number of aliphatic hydroxyl groups is 6. The van der Waals surface area contributed by atoms with Crippen LogP contribution >= 0.6 is 0 Å². The maximum atomic E-state index is 9.77. The van der Waals surface area contributed by atoms with Crippen LogP contribution in [0.1, 0.15) is 0 Å². The van der Waals surface area contributed by atoms with E-state index in [1.807, 2.05) is 0 Å². The zero-order valence-electron chi connectivity index (χ0n) is 15.9. The largest absolute Gasteiger partial charge is 0.479 e. The Morgan fingerprint density at radius 1 is 0.324 bits per heavy atom. The maximum Gasteiger partial charge on any atom is 0.335 e. The molecule has 0 amide bonds. The molecular weight excluding hydrogens is 799 g/mol. The van der Waals surface area contributed by atoms with Crippen molar-refractivity contribution in [3.05, 3.63) is 0 Å². The summed E-state index contributed by atoms with van der Waals surface area (Å²) in [6.07, 6.45) is -13.6. The summed E-state index contributed by atoms with van der Waals surface area (Å²) in [6, 6.07) is 0. The first kappa shape index (κ1) is 50.0.